The van der Waals surface area contributed by atoms with Gasteiger partial charge in [0.2, 0.25) is 0 Å². The summed E-state index contributed by atoms with van der Waals surface area (Å²) < 4.78 is 52.5. The second-order valence-electron chi connectivity index (χ2n) is 5.31. The molecule has 0 saturated carbocycles. The fourth-order valence-corrected chi connectivity index (χ4v) is 2.68. The third-order valence-corrected chi connectivity index (χ3v) is 3.81. The fraction of sp³-hybridized carbons (Fsp3) is 0.571. The van der Waals surface area contributed by atoms with E-state index < -0.39 is 17.6 Å². The highest BCUT2D eigenvalue weighted by Crippen LogP contribution is 2.39. The Kier molecular flexibility index (Phi) is 4.22. The lowest BCUT2D eigenvalue weighted by molar-refractivity contribution is -0.139. The van der Waals surface area contributed by atoms with Crippen LogP contribution in [0.2, 0.25) is 0 Å². The molecule has 0 atom stereocenters. The van der Waals surface area contributed by atoms with Crippen LogP contribution in [0.4, 0.5) is 23.2 Å². The predicted molar refractivity (Wildman–Crippen MR) is 70.3 cm³/mol. The third kappa shape index (κ3) is 3.06. The molecule has 112 valence electrons. The maximum atomic E-state index is 13.6. The first-order valence-corrected chi connectivity index (χ1v) is 6.58. The van der Waals surface area contributed by atoms with Gasteiger partial charge in [0.15, 0.2) is 0 Å². The van der Waals surface area contributed by atoms with Crippen LogP contribution in [-0.4, -0.2) is 38.1 Å². The summed E-state index contributed by atoms with van der Waals surface area (Å²) in [5, 5.41) is 0. The van der Waals surface area contributed by atoms with E-state index in [1.54, 1.807) is 4.90 Å². The van der Waals surface area contributed by atoms with Crippen LogP contribution in [0.15, 0.2) is 18.2 Å². The van der Waals surface area contributed by atoms with Crippen LogP contribution >= 0.6 is 0 Å². The molecule has 0 N–H and O–H groups in total. The zero-order valence-corrected chi connectivity index (χ0v) is 11.5. The monoisotopic (exact) mass is 290 g/mol. The van der Waals surface area contributed by atoms with Crippen LogP contribution in [0.3, 0.4) is 0 Å². The summed E-state index contributed by atoms with van der Waals surface area (Å²) >= 11 is 0. The third-order valence-electron chi connectivity index (χ3n) is 3.81. The second-order valence-corrected chi connectivity index (χ2v) is 5.31. The van der Waals surface area contributed by atoms with E-state index in [1.165, 1.54) is 12.1 Å². The number of hydrogen-bond donors (Lipinski definition) is 0. The topological polar surface area (TPSA) is 6.48 Å². The second kappa shape index (κ2) is 5.60. The van der Waals surface area contributed by atoms with Crippen molar-refractivity contribution in [1.29, 1.82) is 0 Å². The van der Waals surface area contributed by atoms with E-state index in [0.717, 1.165) is 18.9 Å². The van der Waals surface area contributed by atoms with Gasteiger partial charge >= 0.3 is 6.18 Å². The first kappa shape index (κ1) is 15.1. The first-order valence-electron chi connectivity index (χ1n) is 6.58. The Morgan fingerprint density at radius 3 is 2.25 bits per heavy atom. The number of anilines is 1. The SMILES string of the molecule is CN(C)C1CCN(c2cccc(F)c2C(F)(F)F)CC1. The van der Waals surface area contributed by atoms with Gasteiger partial charge in [-0.25, -0.2) is 4.39 Å². The lowest BCUT2D eigenvalue weighted by atomic mass is 10.0. The molecule has 20 heavy (non-hydrogen) atoms. The highest BCUT2D eigenvalue weighted by molar-refractivity contribution is 5.56. The first-order chi connectivity index (χ1) is 9.30. The van der Waals surface area contributed by atoms with Crippen molar-refractivity contribution >= 4 is 5.69 Å². The van der Waals surface area contributed by atoms with Crippen molar-refractivity contribution in [1.82, 2.24) is 4.90 Å². The number of alkyl halides is 3. The van der Waals surface area contributed by atoms with Gasteiger partial charge in [-0.3, -0.25) is 0 Å². The van der Waals surface area contributed by atoms with Crippen molar-refractivity contribution in [3.05, 3.63) is 29.6 Å². The average molecular weight is 290 g/mol. The van der Waals surface area contributed by atoms with Crippen LogP contribution in [0.1, 0.15) is 18.4 Å². The molecule has 0 amide bonds. The summed E-state index contributed by atoms with van der Waals surface area (Å²) in [6, 6.07) is 3.91. The van der Waals surface area contributed by atoms with Crippen molar-refractivity contribution in [3.63, 3.8) is 0 Å². The van der Waals surface area contributed by atoms with Gasteiger partial charge < -0.3 is 9.80 Å². The Bertz CT molecular complexity index is 463. The van der Waals surface area contributed by atoms with Crippen LogP contribution in [0.5, 0.6) is 0 Å². The van der Waals surface area contributed by atoms with E-state index in [0.29, 0.717) is 19.1 Å². The van der Waals surface area contributed by atoms with Gasteiger partial charge in [0.05, 0.1) is 5.69 Å². The number of piperidine rings is 1. The lowest BCUT2D eigenvalue weighted by Crippen LogP contribution is -2.42. The molecule has 0 radical (unpaired) electrons. The van der Waals surface area contributed by atoms with E-state index in [4.69, 9.17) is 0 Å². The van der Waals surface area contributed by atoms with Crippen LogP contribution in [0, 0.1) is 5.82 Å². The van der Waals surface area contributed by atoms with Crippen LogP contribution in [0.25, 0.3) is 0 Å². The molecule has 0 unspecified atom stereocenters. The summed E-state index contributed by atoms with van der Waals surface area (Å²) in [5.41, 5.74) is -1.20. The highest BCUT2D eigenvalue weighted by Gasteiger charge is 2.38. The minimum atomic E-state index is -4.67. The van der Waals surface area contributed by atoms with Crippen molar-refractivity contribution in [3.8, 4) is 0 Å². The van der Waals surface area contributed by atoms with Crippen LogP contribution in [-0.2, 0) is 6.18 Å². The smallest absolute Gasteiger partial charge is 0.371 e. The number of halogens is 4. The predicted octanol–water partition coefficient (Wildman–Crippen LogP) is 3.37. The summed E-state index contributed by atoms with van der Waals surface area (Å²) in [4.78, 5) is 3.71. The van der Waals surface area contributed by atoms with E-state index in [1.807, 2.05) is 14.1 Å². The molecule has 2 rings (SSSR count). The largest absolute Gasteiger partial charge is 0.421 e. The number of benzene rings is 1. The van der Waals surface area contributed by atoms with E-state index in [-0.39, 0.29) is 5.69 Å². The molecule has 1 aliphatic rings. The minimum absolute atomic E-state index is 0.0466. The standard InChI is InChI=1S/C14H18F4N2/c1-19(2)10-6-8-20(9-7-10)12-5-3-4-11(15)13(12)14(16,17)18/h3-5,10H,6-9H2,1-2H3. The molecule has 6 heteroatoms. The molecule has 1 fully saturated rings. The van der Waals surface area contributed by atoms with Crippen molar-refractivity contribution in [2.24, 2.45) is 0 Å². The Balaban J connectivity index is 2.25. The maximum absolute atomic E-state index is 13.6. The van der Waals surface area contributed by atoms with Gasteiger partial charge in [-0.15, -0.1) is 0 Å². The Hall–Kier alpha value is -1.30. The maximum Gasteiger partial charge on any atom is 0.421 e. The summed E-state index contributed by atoms with van der Waals surface area (Å²) in [6.07, 6.45) is -3.11. The quantitative estimate of drug-likeness (QED) is 0.771. The lowest BCUT2D eigenvalue weighted by Gasteiger charge is -2.37. The number of rotatable bonds is 2. The molecule has 1 aromatic carbocycles. The molecular formula is C14H18F4N2. The fourth-order valence-electron chi connectivity index (χ4n) is 2.68. The normalized spacial score (nSPS) is 17.9. The number of hydrogen-bond acceptors (Lipinski definition) is 2. The van der Waals surface area contributed by atoms with Gasteiger partial charge in [-0.05, 0) is 39.1 Å². The van der Waals surface area contributed by atoms with Gasteiger partial charge in [-0.1, -0.05) is 6.07 Å². The van der Waals surface area contributed by atoms with Crippen molar-refractivity contribution in [2.75, 3.05) is 32.1 Å². The molecule has 1 aromatic rings. The molecular weight excluding hydrogens is 272 g/mol. The number of nitrogens with zero attached hydrogens (tertiary/aromatic N) is 2. The summed E-state index contributed by atoms with van der Waals surface area (Å²) in [5.74, 6) is -1.20. The molecule has 0 aliphatic carbocycles. The zero-order valence-electron chi connectivity index (χ0n) is 11.5. The molecule has 2 nitrogen and oxygen atoms in total. The van der Waals surface area contributed by atoms with E-state index in [9.17, 15) is 17.6 Å². The Morgan fingerprint density at radius 1 is 1.15 bits per heavy atom. The highest BCUT2D eigenvalue weighted by atomic mass is 19.4. The van der Waals surface area contributed by atoms with E-state index in [2.05, 4.69) is 4.90 Å². The Morgan fingerprint density at radius 2 is 1.75 bits per heavy atom. The van der Waals surface area contributed by atoms with Gasteiger partial charge in [0.1, 0.15) is 11.4 Å². The molecule has 1 aliphatic heterocycles. The van der Waals surface area contributed by atoms with E-state index >= 15 is 0 Å². The summed E-state index contributed by atoms with van der Waals surface area (Å²) in [7, 11) is 3.92. The molecule has 0 spiro atoms. The van der Waals surface area contributed by atoms with Crippen LogP contribution < -0.4 is 4.90 Å². The summed E-state index contributed by atoms with van der Waals surface area (Å²) in [6.45, 7) is 1.02. The van der Waals surface area contributed by atoms with Gasteiger partial charge in [0.25, 0.3) is 0 Å². The molecule has 1 saturated heterocycles. The Labute approximate surface area is 116 Å². The minimum Gasteiger partial charge on any atom is -0.371 e. The molecule has 1 heterocycles. The molecule has 0 bridgehead atoms. The van der Waals surface area contributed by atoms with Gasteiger partial charge in [-0.2, -0.15) is 13.2 Å². The van der Waals surface area contributed by atoms with Crippen molar-refractivity contribution < 1.29 is 17.6 Å². The van der Waals surface area contributed by atoms with Crippen molar-refractivity contribution in [2.45, 2.75) is 25.1 Å². The molecule has 0 aromatic heterocycles. The van der Waals surface area contributed by atoms with Gasteiger partial charge in [0, 0.05) is 19.1 Å². The zero-order chi connectivity index (χ0) is 14.9. The average Bonchev–Trinajstić information content (AvgIpc) is 2.37.